The summed E-state index contributed by atoms with van der Waals surface area (Å²) in [5, 5.41) is 2.68. The number of anilines is 1. The summed E-state index contributed by atoms with van der Waals surface area (Å²) in [5.41, 5.74) is 0.0846. The number of hydrogen-bond donors (Lipinski definition) is 1. The topological polar surface area (TPSA) is 63.6 Å². The molecule has 0 radical (unpaired) electrons. The molecular formula is C14H21N3O3. The molecule has 0 spiro atoms. The Balaban J connectivity index is 2.08. The summed E-state index contributed by atoms with van der Waals surface area (Å²) >= 11 is 0. The molecule has 20 heavy (non-hydrogen) atoms. The van der Waals surface area contributed by atoms with Crippen molar-refractivity contribution in [2.24, 2.45) is 7.05 Å². The van der Waals surface area contributed by atoms with Crippen LogP contribution in [0.15, 0.2) is 23.1 Å². The van der Waals surface area contributed by atoms with E-state index in [-0.39, 0.29) is 23.8 Å². The average molecular weight is 279 g/mol. The molecule has 2 heterocycles. The quantitative estimate of drug-likeness (QED) is 0.890. The SMILES string of the molecule is CC[C@H]1CN(C(=O)Nc2cccn(C)c2=O)C[C@@H](C)O1. The van der Waals surface area contributed by atoms with Gasteiger partial charge >= 0.3 is 6.03 Å². The maximum absolute atomic E-state index is 12.2. The monoisotopic (exact) mass is 279 g/mol. The first-order valence-electron chi connectivity index (χ1n) is 6.88. The third-order valence-corrected chi connectivity index (χ3v) is 3.43. The van der Waals surface area contributed by atoms with Gasteiger partial charge in [0.25, 0.3) is 5.56 Å². The second-order valence-electron chi connectivity index (χ2n) is 5.15. The van der Waals surface area contributed by atoms with E-state index in [1.165, 1.54) is 4.57 Å². The van der Waals surface area contributed by atoms with Crippen molar-refractivity contribution in [2.45, 2.75) is 32.5 Å². The van der Waals surface area contributed by atoms with Gasteiger partial charge in [0.2, 0.25) is 0 Å². The van der Waals surface area contributed by atoms with Crippen molar-refractivity contribution in [3.8, 4) is 0 Å². The Morgan fingerprint density at radius 2 is 2.25 bits per heavy atom. The summed E-state index contributed by atoms with van der Waals surface area (Å²) in [6.45, 7) is 5.07. The third kappa shape index (κ3) is 3.19. The minimum absolute atomic E-state index is 0.0121. The molecular weight excluding hydrogens is 258 g/mol. The van der Waals surface area contributed by atoms with Gasteiger partial charge in [-0.15, -0.1) is 0 Å². The molecule has 1 aliphatic heterocycles. The highest BCUT2D eigenvalue weighted by Crippen LogP contribution is 2.14. The summed E-state index contributed by atoms with van der Waals surface area (Å²) in [4.78, 5) is 25.8. The largest absolute Gasteiger partial charge is 0.372 e. The highest BCUT2D eigenvalue weighted by atomic mass is 16.5. The Bertz CT molecular complexity index is 541. The Morgan fingerprint density at radius 3 is 2.95 bits per heavy atom. The number of ether oxygens (including phenoxy) is 1. The van der Waals surface area contributed by atoms with E-state index in [0.29, 0.717) is 18.8 Å². The van der Waals surface area contributed by atoms with Crippen LogP contribution in [0.25, 0.3) is 0 Å². The molecule has 0 bridgehead atoms. The van der Waals surface area contributed by atoms with Gasteiger partial charge in [-0.25, -0.2) is 4.79 Å². The molecule has 0 aromatic carbocycles. The van der Waals surface area contributed by atoms with E-state index >= 15 is 0 Å². The number of pyridine rings is 1. The molecule has 1 aliphatic rings. The van der Waals surface area contributed by atoms with Crippen LogP contribution in [0.3, 0.4) is 0 Å². The lowest BCUT2D eigenvalue weighted by Gasteiger charge is -2.36. The van der Waals surface area contributed by atoms with Gasteiger partial charge in [0.15, 0.2) is 0 Å². The lowest BCUT2D eigenvalue weighted by atomic mass is 10.2. The van der Waals surface area contributed by atoms with E-state index in [1.807, 2.05) is 13.8 Å². The fourth-order valence-electron chi connectivity index (χ4n) is 2.32. The second kappa shape index (κ2) is 6.09. The Kier molecular flexibility index (Phi) is 4.44. The molecule has 110 valence electrons. The van der Waals surface area contributed by atoms with Crippen LogP contribution in [-0.4, -0.2) is 40.8 Å². The van der Waals surface area contributed by atoms with Crippen molar-refractivity contribution in [1.82, 2.24) is 9.47 Å². The number of aryl methyl sites for hydroxylation is 1. The Morgan fingerprint density at radius 1 is 1.50 bits per heavy atom. The van der Waals surface area contributed by atoms with Gasteiger partial charge in [-0.3, -0.25) is 4.79 Å². The molecule has 2 amide bonds. The molecule has 6 heteroatoms. The maximum Gasteiger partial charge on any atom is 0.322 e. The number of amides is 2. The predicted molar refractivity (Wildman–Crippen MR) is 76.9 cm³/mol. The molecule has 1 aromatic rings. The molecule has 0 saturated carbocycles. The van der Waals surface area contributed by atoms with Crippen molar-refractivity contribution in [3.63, 3.8) is 0 Å². The number of nitrogens with one attached hydrogen (secondary N) is 1. The summed E-state index contributed by atoms with van der Waals surface area (Å²) in [6, 6.07) is 3.09. The van der Waals surface area contributed by atoms with Gasteiger partial charge < -0.3 is 19.5 Å². The molecule has 1 saturated heterocycles. The van der Waals surface area contributed by atoms with Gasteiger partial charge in [-0.2, -0.15) is 0 Å². The number of nitrogens with zero attached hydrogens (tertiary/aromatic N) is 2. The fraction of sp³-hybridized carbons (Fsp3) is 0.571. The Hall–Kier alpha value is -1.82. The molecule has 0 unspecified atom stereocenters. The first-order valence-corrected chi connectivity index (χ1v) is 6.88. The highest BCUT2D eigenvalue weighted by Gasteiger charge is 2.27. The van der Waals surface area contributed by atoms with Gasteiger partial charge in [0.05, 0.1) is 12.2 Å². The van der Waals surface area contributed by atoms with Crippen molar-refractivity contribution >= 4 is 11.7 Å². The summed E-state index contributed by atoms with van der Waals surface area (Å²) in [7, 11) is 1.65. The van der Waals surface area contributed by atoms with E-state index in [2.05, 4.69) is 5.32 Å². The molecule has 1 fully saturated rings. The lowest BCUT2D eigenvalue weighted by molar-refractivity contribution is -0.0632. The number of rotatable bonds is 2. The number of aromatic nitrogens is 1. The highest BCUT2D eigenvalue weighted by molar-refractivity contribution is 5.89. The molecule has 2 rings (SSSR count). The number of morpholine rings is 1. The molecule has 1 N–H and O–H groups in total. The number of carbonyl (C=O) groups excluding carboxylic acids is 1. The fourth-order valence-corrected chi connectivity index (χ4v) is 2.32. The van der Waals surface area contributed by atoms with Gasteiger partial charge in [0.1, 0.15) is 5.69 Å². The van der Waals surface area contributed by atoms with Crippen LogP contribution in [0.2, 0.25) is 0 Å². The van der Waals surface area contributed by atoms with Crippen LogP contribution in [-0.2, 0) is 11.8 Å². The van der Waals surface area contributed by atoms with Gasteiger partial charge in [-0.05, 0) is 25.5 Å². The first-order chi connectivity index (χ1) is 9.51. The third-order valence-electron chi connectivity index (χ3n) is 3.43. The second-order valence-corrected chi connectivity index (χ2v) is 5.15. The summed E-state index contributed by atoms with van der Waals surface area (Å²) in [5.74, 6) is 0. The van der Waals surface area contributed by atoms with E-state index in [4.69, 9.17) is 4.74 Å². The zero-order chi connectivity index (χ0) is 14.7. The number of carbonyl (C=O) groups is 1. The number of urea groups is 1. The average Bonchev–Trinajstić information content (AvgIpc) is 2.43. The van der Waals surface area contributed by atoms with Crippen LogP contribution in [0.5, 0.6) is 0 Å². The van der Waals surface area contributed by atoms with Crippen LogP contribution < -0.4 is 10.9 Å². The predicted octanol–water partition coefficient (Wildman–Crippen LogP) is 1.42. The van der Waals surface area contributed by atoms with Crippen molar-refractivity contribution < 1.29 is 9.53 Å². The van der Waals surface area contributed by atoms with Crippen molar-refractivity contribution in [2.75, 3.05) is 18.4 Å². The smallest absolute Gasteiger partial charge is 0.322 e. The molecule has 1 aromatic heterocycles. The minimum Gasteiger partial charge on any atom is -0.372 e. The minimum atomic E-state index is -0.248. The molecule has 0 aliphatic carbocycles. The zero-order valence-electron chi connectivity index (χ0n) is 12.1. The molecule has 6 nitrogen and oxygen atoms in total. The Labute approximate surface area is 118 Å². The maximum atomic E-state index is 12.2. The summed E-state index contributed by atoms with van der Waals surface area (Å²) < 4.78 is 7.16. The van der Waals surface area contributed by atoms with E-state index in [0.717, 1.165) is 6.42 Å². The normalized spacial score (nSPS) is 22.6. The standard InChI is InChI=1S/C14H21N3O3/c1-4-11-9-17(8-10(2)20-11)14(19)15-12-6-5-7-16(3)13(12)18/h5-7,10-11H,4,8-9H2,1-3H3,(H,15,19)/t10-,11+/m1/s1. The van der Waals surface area contributed by atoms with Crippen LogP contribution in [0, 0.1) is 0 Å². The first kappa shape index (κ1) is 14.6. The van der Waals surface area contributed by atoms with E-state index in [9.17, 15) is 9.59 Å². The van der Waals surface area contributed by atoms with Gasteiger partial charge in [0, 0.05) is 26.3 Å². The van der Waals surface area contributed by atoms with Crippen molar-refractivity contribution in [1.29, 1.82) is 0 Å². The number of hydrogen-bond acceptors (Lipinski definition) is 3. The van der Waals surface area contributed by atoms with Crippen molar-refractivity contribution in [3.05, 3.63) is 28.7 Å². The van der Waals surface area contributed by atoms with Gasteiger partial charge in [-0.1, -0.05) is 6.92 Å². The van der Waals surface area contributed by atoms with Crippen LogP contribution in [0.1, 0.15) is 20.3 Å². The van der Waals surface area contributed by atoms with E-state index in [1.54, 1.807) is 30.3 Å². The van der Waals surface area contributed by atoms with Crippen LogP contribution in [0.4, 0.5) is 10.5 Å². The van der Waals surface area contributed by atoms with E-state index < -0.39 is 0 Å². The molecule has 2 atom stereocenters. The summed E-state index contributed by atoms with van der Waals surface area (Å²) in [6.07, 6.45) is 2.59. The zero-order valence-corrected chi connectivity index (χ0v) is 12.1. The van der Waals surface area contributed by atoms with Crippen LogP contribution >= 0.6 is 0 Å². The lowest BCUT2D eigenvalue weighted by Crippen LogP contribution is -2.50.